The zero-order valence-corrected chi connectivity index (χ0v) is 9.05. The molecule has 1 aromatic carbocycles. The van der Waals surface area contributed by atoms with Gasteiger partial charge in [-0.1, -0.05) is 45.0 Å². The lowest BCUT2D eigenvalue weighted by Crippen LogP contribution is -2.07. The van der Waals surface area contributed by atoms with E-state index < -0.39 is 10.6 Å². The van der Waals surface area contributed by atoms with Gasteiger partial charge in [0.1, 0.15) is 0 Å². The molecular formula is C9H13F2NO2S. The number of hydrogen-bond acceptors (Lipinski definition) is 3. The van der Waals surface area contributed by atoms with Gasteiger partial charge in [0.05, 0.1) is 0 Å². The third-order valence-electron chi connectivity index (χ3n) is 1.67. The lowest BCUT2D eigenvalue weighted by atomic mass is 10.1. The van der Waals surface area contributed by atoms with Gasteiger partial charge in [0.2, 0.25) is 0 Å². The van der Waals surface area contributed by atoms with Gasteiger partial charge in [0.15, 0.2) is 0 Å². The van der Waals surface area contributed by atoms with Crippen LogP contribution in [0.25, 0.3) is 0 Å². The van der Waals surface area contributed by atoms with Crippen molar-refractivity contribution in [3.8, 4) is 0 Å². The van der Waals surface area contributed by atoms with Crippen LogP contribution in [0.5, 0.6) is 0 Å². The van der Waals surface area contributed by atoms with E-state index >= 15 is 0 Å². The Balaban J connectivity index is 0.000000336. The Morgan fingerprint density at radius 1 is 1.27 bits per heavy atom. The largest absolute Gasteiger partial charge is 0.476 e. The number of rotatable bonds is 2. The quantitative estimate of drug-likeness (QED) is 0.802. The van der Waals surface area contributed by atoms with E-state index in [1.807, 2.05) is 18.2 Å². The van der Waals surface area contributed by atoms with Crippen molar-refractivity contribution in [2.75, 3.05) is 0 Å². The van der Waals surface area contributed by atoms with Crippen LogP contribution in [-0.4, -0.2) is 8.42 Å². The van der Waals surface area contributed by atoms with Gasteiger partial charge in [-0.05, 0) is 12.0 Å². The number of nitrogens with two attached hydrogens (primary N) is 1. The van der Waals surface area contributed by atoms with Crippen LogP contribution in [0, 0.1) is 0 Å². The summed E-state index contributed by atoms with van der Waals surface area (Å²) < 4.78 is 36.6. The molecule has 0 spiro atoms. The van der Waals surface area contributed by atoms with Crippen LogP contribution < -0.4 is 5.73 Å². The predicted molar refractivity (Wildman–Crippen MR) is 54.8 cm³/mol. The summed E-state index contributed by atoms with van der Waals surface area (Å²) in [5.41, 5.74) is 7.02. The standard InChI is InChI=1S/C9H13N.F2O2S/c1-2-9(10)8-6-4-3-5-7-8;1-5(2,3)4/h3-7,9H,2,10H2,1H3;. The van der Waals surface area contributed by atoms with Gasteiger partial charge in [-0.25, -0.2) is 0 Å². The molecule has 0 aliphatic rings. The first-order valence-electron chi connectivity index (χ1n) is 4.29. The van der Waals surface area contributed by atoms with E-state index in [0.29, 0.717) is 0 Å². The summed E-state index contributed by atoms with van der Waals surface area (Å²) >= 11 is 0. The van der Waals surface area contributed by atoms with Crippen LogP contribution in [-0.2, 0) is 10.6 Å². The highest BCUT2D eigenvalue weighted by molar-refractivity contribution is 7.81. The fraction of sp³-hybridized carbons (Fsp3) is 0.333. The molecule has 0 aliphatic carbocycles. The molecule has 0 amide bonds. The van der Waals surface area contributed by atoms with E-state index in [1.165, 1.54) is 5.56 Å². The number of hydrogen-bond donors (Lipinski definition) is 1. The highest BCUT2D eigenvalue weighted by Gasteiger charge is 1.99. The Morgan fingerprint density at radius 2 is 1.67 bits per heavy atom. The average Bonchev–Trinajstić information content (AvgIpc) is 2.15. The van der Waals surface area contributed by atoms with Gasteiger partial charge in [-0.2, -0.15) is 8.42 Å². The summed E-state index contributed by atoms with van der Waals surface area (Å²) in [5, 5.41) is 0. The van der Waals surface area contributed by atoms with E-state index in [0.717, 1.165) is 6.42 Å². The molecule has 0 aliphatic heterocycles. The van der Waals surface area contributed by atoms with Crippen molar-refractivity contribution < 1.29 is 16.2 Å². The second kappa shape index (κ2) is 6.47. The summed E-state index contributed by atoms with van der Waals surface area (Å²) in [4.78, 5) is 0. The molecule has 6 heteroatoms. The maximum absolute atomic E-state index is 9.99. The van der Waals surface area contributed by atoms with Gasteiger partial charge in [-0.3, -0.25) is 0 Å². The van der Waals surface area contributed by atoms with Gasteiger partial charge in [-0.15, -0.1) is 0 Å². The number of benzene rings is 1. The minimum Gasteiger partial charge on any atom is -0.324 e. The Bertz CT molecular complexity index is 359. The molecule has 1 aromatic rings. The molecule has 1 rings (SSSR count). The smallest absolute Gasteiger partial charge is 0.324 e. The predicted octanol–water partition coefficient (Wildman–Crippen LogP) is 2.27. The summed E-state index contributed by atoms with van der Waals surface area (Å²) in [5.74, 6) is 0. The second-order valence-corrected chi connectivity index (χ2v) is 3.56. The molecular weight excluding hydrogens is 224 g/mol. The summed E-state index contributed by atoms with van der Waals surface area (Å²) in [6.07, 6.45) is 1.00. The van der Waals surface area contributed by atoms with Crippen molar-refractivity contribution in [1.29, 1.82) is 0 Å². The van der Waals surface area contributed by atoms with Crippen LogP contribution in [0.3, 0.4) is 0 Å². The Kier molecular flexibility index (Phi) is 6.03. The van der Waals surface area contributed by atoms with Crippen LogP contribution in [0.15, 0.2) is 30.3 Å². The Labute approximate surface area is 88.4 Å². The lowest BCUT2D eigenvalue weighted by Gasteiger charge is -2.06. The molecule has 0 bridgehead atoms. The van der Waals surface area contributed by atoms with Gasteiger partial charge >= 0.3 is 10.6 Å². The molecule has 15 heavy (non-hydrogen) atoms. The molecule has 0 saturated heterocycles. The first-order valence-corrected chi connectivity index (χ1v) is 5.57. The van der Waals surface area contributed by atoms with Crippen LogP contribution in [0.1, 0.15) is 24.9 Å². The van der Waals surface area contributed by atoms with Crippen LogP contribution in [0.4, 0.5) is 7.77 Å². The molecule has 0 fully saturated rings. The highest BCUT2D eigenvalue weighted by Crippen LogP contribution is 2.11. The fourth-order valence-electron chi connectivity index (χ4n) is 0.936. The highest BCUT2D eigenvalue weighted by atomic mass is 32.3. The van der Waals surface area contributed by atoms with E-state index in [-0.39, 0.29) is 6.04 Å². The van der Waals surface area contributed by atoms with Gasteiger partial charge < -0.3 is 5.73 Å². The third-order valence-corrected chi connectivity index (χ3v) is 1.67. The van der Waals surface area contributed by atoms with E-state index in [9.17, 15) is 7.77 Å². The SMILES string of the molecule is CCC(N)c1ccccc1.O=S(=O)(F)F. The summed E-state index contributed by atoms with van der Waals surface area (Å²) in [7, 11) is -5.67. The van der Waals surface area contributed by atoms with Crippen LogP contribution >= 0.6 is 0 Å². The summed E-state index contributed by atoms with van der Waals surface area (Å²) in [6.45, 7) is 2.09. The molecule has 0 radical (unpaired) electrons. The topological polar surface area (TPSA) is 60.2 Å². The average molecular weight is 237 g/mol. The van der Waals surface area contributed by atoms with Crippen molar-refractivity contribution in [2.45, 2.75) is 19.4 Å². The molecule has 1 unspecified atom stereocenters. The van der Waals surface area contributed by atoms with Gasteiger partial charge in [0, 0.05) is 6.04 Å². The molecule has 0 saturated carbocycles. The summed E-state index contributed by atoms with van der Waals surface area (Å²) in [6, 6.07) is 10.4. The van der Waals surface area contributed by atoms with E-state index in [2.05, 4.69) is 19.1 Å². The number of halogens is 2. The Hall–Kier alpha value is -1.01. The molecule has 86 valence electrons. The maximum atomic E-state index is 9.99. The van der Waals surface area contributed by atoms with Crippen molar-refractivity contribution in [3.05, 3.63) is 35.9 Å². The minimum atomic E-state index is -5.67. The van der Waals surface area contributed by atoms with Crippen molar-refractivity contribution >= 4 is 10.6 Å². The van der Waals surface area contributed by atoms with E-state index in [1.54, 1.807) is 0 Å². The van der Waals surface area contributed by atoms with Gasteiger partial charge in [0.25, 0.3) is 0 Å². The normalized spacial score (nSPS) is 12.5. The third kappa shape index (κ3) is 9.30. The van der Waals surface area contributed by atoms with E-state index in [4.69, 9.17) is 14.2 Å². The lowest BCUT2D eigenvalue weighted by molar-refractivity contribution is 0.501. The molecule has 0 aromatic heterocycles. The molecule has 3 nitrogen and oxygen atoms in total. The Morgan fingerprint density at radius 3 is 2.00 bits per heavy atom. The fourth-order valence-corrected chi connectivity index (χ4v) is 0.936. The first-order chi connectivity index (χ1) is 6.84. The molecule has 0 heterocycles. The zero-order chi connectivity index (χ0) is 11.9. The maximum Gasteiger partial charge on any atom is 0.476 e. The minimum absolute atomic E-state index is 0.209. The monoisotopic (exact) mass is 237 g/mol. The molecule has 1 atom stereocenters. The van der Waals surface area contributed by atoms with Crippen molar-refractivity contribution in [2.24, 2.45) is 5.73 Å². The zero-order valence-electron chi connectivity index (χ0n) is 8.23. The first kappa shape index (κ1) is 14.0. The molecule has 2 N–H and O–H groups in total. The van der Waals surface area contributed by atoms with Crippen LogP contribution in [0.2, 0.25) is 0 Å². The second-order valence-electron chi connectivity index (χ2n) is 2.80. The van der Waals surface area contributed by atoms with Crippen molar-refractivity contribution in [3.63, 3.8) is 0 Å². The van der Waals surface area contributed by atoms with Crippen molar-refractivity contribution in [1.82, 2.24) is 0 Å².